The Bertz CT molecular complexity index is 1580. The minimum atomic E-state index is -0.566. The molecule has 0 saturated heterocycles. The van der Waals surface area contributed by atoms with Crippen LogP contribution in [0.4, 0.5) is 0 Å². The van der Waals surface area contributed by atoms with E-state index < -0.39 is 5.97 Å². The lowest BCUT2D eigenvalue weighted by molar-refractivity contribution is 0.0476. The minimum absolute atomic E-state index is 0.269. The molecular formula is C31H22ClNO3. The van der Waals surface area contributed by atoms with E-state index in [2.05, 4.69) is 0 Å². The van der Waals surface area contributed by atoms with Crippen molar-refractivity contribution in [2.24, 2.45) is 0 Å². The van der Waals surface area contributed by atoms with E-state index in [-0.39, 0.29) is 12.4 Å². The Labute approximate surface area is 214 Å². The van der Waals surface area contributed by atoms with Gasteiger partial charge in [0, 0.05) is 21.5 Å². The number of esters is 1. The molecule has 0 bridgehead atoms. The van der Waals surface area contributed by atoms with Gasteiger partial charge < -0.3 is 4.74 Å². The summed E-state index contributed by atoms with van der Waals surface area (Å²) in [4.78, 5) is 30.8. The second-order valence-corrected chi connectivity index (χ2v) is 8.87. The molecular weight excluding hydrogens is 470 g/mol. The third kappa shape index (κ3) is 4.77. The molecule has 4 aromatic carbocycles. The summed E-state index contributed by atoms with van der Waals surface area (Å²) in [5.41, 5.74) is 5.73. The molecule has 5 rings (SSSR count). The molecule has 0 saturated carbocycles. The van der Waals surface area contributed by atoms with Gasteiger partial charge in [0.05, 0.1) is 16.8 Å². The Morgan fingerprint density at radius 1 is 0.778 bits per heavy atom. The van der Waals surface area contributed by atoms with Gasteiger partial charge in [-0.05, 0) is 41.8 Å². The van der Waals surface area contributed by atoms with Gasteiger partial charge in [-0.1, -0.05) is 96.5 Å². The highest BCUT2D eigenvalue weighted by Gasteiger charge is 2.21. The smallest absolute Gasteiger partial charge is 0.339 e. The zero-order chi connectivity index (χ0) is 25.1. The van der Waals surface area contributed by atoms with Crippen LogP contribution in [0.5, 0.6) is 0 Å². The van der Waals surface area contributed by atoms with Gasteiger partial charge in [-0.15, -0.1) is 0 Å². The molecule has 5 aromatic rings. The molecule has 4 nitrogen and oxygen atoms in total. The van der Waals surface area contributed by atoms with Crippen LogP contribution in [-0.4, -0.2) is 23.3 Å². The third-order valence-corrected chi connectivity index (χ3v) is 6.32. The van der Waals surface area contributed by atoms with Crippen molar-refractivity contribution in [3.05, 3.63) is 125 Å². The highest BCUT2D eigenvalue weighted by molar-refractivity contribution is 6.30. The number of benzene rings is 4. The standard InChI is InChI=1S/C31H22ClNO3/c1-20-29(26-12-5-6-13-27(26)33-30(20)24-10-7-11-25(32)18-24)31(35)36-19-28(34)23-16-14-22(15-17-23)21-8-3-2-4-9-21/h2-18H,19H2,1H3. The van der Waals surface area contributed by atoms with Crippen LogP contribution in [0.3, 0.4) is 0 Å². The third-order valence-electron chi connectivity index (χ3n) is 6.09. The Morgan fingerprint density at radius 2 is 1.44 bits per heavy atom. The highest BCUT2D eigenvalue weighted by atomic mass is 35.5. The average molecular weight is 492 g/mol. The van der Waals surface area contributed by atoms with E-state index in [1.54, 1.807) is 18.2 Å². The fourth-order valence-corrected chi connectivity index (χ4v) is 4.44. The average Bonchev–Trinajstić information content (AvgIpc) is 2.92. The van der Waals surface area contributed by atoms with Crippen molar-refractivity contribution in [2.75, 3.05) is 6.61 Å². The predicted molar refractivity (Wildman–Crippen MR) is 143 cm³/mol. The van der Waals surface area contributed by atoms with E-state index in [9.17, 15) is 9.59 Å². The zero-order valence-corrected chi connectivity index (χ0v) is 20.3. The normalized spacial score (nSPS) is 10.8. The molecule has 36 heavy (non-hydrogen) atoms. The topological polar surface area (TPSA) is 56.3 Å². The monoisotopic (exact) mass is 491 g/mol. The van der Waals surface area contributed by atoms with Gasteiger partial charge in [-0.25, -0.2) is 9.78 Å². The summed E-state index contributed by atoms with van der Waals surface area (Å²) in [6.45, 7) is 1.47. The molecule has 0 spiro atoms. The van der Waals surface area contributed by atoms with E-state index in [0.29, 0.717) is 38.3 Å². The number of ether oxygens (including phenoxy) is 1. The highest BCUT2D eigenvalue weighted by Crippen LogP contribution is 2.31. The fraction of sp³-hybridized carbons (Fsp3) is 0.0645. The Kier molecular flexibility index (Phi) is 6.61. The number of pyridine rings is 1. The number of Topliss-reactive ketones (excluding diaryl/α,β-unsaturated/α-hetero) is 1. The number of rotatable bonds is 6. The number of aromatic nitrogens is 1. The quantitative estimate of drug-likeness (QED) is 0.181. The fourth-order valence-electron chi connectivity index (χ4n) is 4.25. The minimum Gasteiger partial charge on any atom is -0.454 e. The second-order valence-electron chi connectivity index (χ2n) is 8.43. The van der Waals surface area contributed by atoms with Crippen LogP contribution in [0, 0.1) is 6.92 Å². The molecule has 1 heterocycles. The number of halogens is 1. The molecule has 0 radical (unpaired) electrons. The van der Waals surface area contributed by atoms with Crippen LogP contribution in [0.1, 0.15) is 26.3 Å². The van der Waals surface area contributed by atoms with E-state index in [0.717, 1.165) is 16.7 Å². The maximum absolute atomic E-state index is 13.3. The molecule has 1 aromatic heterocycles. The summed E-state index contributed by atoms with van der Waals surface area (Å²) in [5.74, 6) is -0.835. The maximum Gasteiger partial charge on any atom is 0.339 e. The summed E-state index contributed by atoms with van der Waals surface area (Å²) in [6, 6.07) is 31.9. The second kappa shape index (κ2) is 10.1. The first kappa shape index (κ1) is 23.5. The molecule has 5 heteroatoms. The van der Waals surface area contributed by atoms with Crippen LogP contribution in [-0.2, 0) is 4.74 Å². The number of carbonyl (C=O) groups is 2. The molecule has 0 atom stereocenters. The van der Waals surface area contributed by atoms with Gasteiger partial charge in [0.1, 0.15) is 0 Å². The van der Waals surface area contributed by atoms with Crippen molar-refractivity contribution in [1.29, 1.82) is 0 Å². The van der Waals surface area contributed by atoms with Gasteiger partial charge >= 0.3 is 5.97 Å². The number of carbonyl (C=O) groups excluding carboxylic acids is 2. The molecule has 0 amide bonds. The lowest BCUT2D eigenvalue weighted by Crippen LogP contribution is -2.16. The summed E-state index contributed by atoms with van der Waals surface area (Å²) in [5, 5.41) is 1.25. The summed E-state index contributed by atoms with van der Waals surface area (Å²) >= 11 is 6.20. The maximum atomic E-state index is 13.3. The van der Waals surface area contributed by atoms with Crippen LogP contribution in [0.25, 0.3) is 33.3 Å². The predicted octanol–water partition coefficient (Wildman–Crippen LogP) is 7.57. The van der Waals surface area contributed by atoms with E-state index in [1.165, 1.54) is 0 Å². The van der Waals surface area contributed by atoms with Crippen molar-refractivity contribution >= 4 is 34.3 Å². The zero-order valence-electron chi connectivity index (χ0n) is 19.6. The van der Waals surface area contributed by atoms with Crippen LogP contribution >= 0.6 is 11.6 Å². The number of hydrogen-bond acceptors (Lipinski definition) is 4. The van der Waals surface area contributed by atoms with Crippen molar-refractivity contribution in [3.63, 3.8) is 0 Å². The molecule has 0 unspecified atom stereocenters. The van der Waals surface area contributed by atoms with E-state index in [4.69, 9.17) is 21.3 Å². The van der Waals surface area contributed by atoms with Crippen LogP contribution < -0.4 is 0 Å². The van der Waals surface area contributed by atoms with Crippen molar-refractivity contribution in [1.82, 2.24) is 4.98 Å². The molecule has 176 valence electrons. The van der Waals surface area contributed by atoms with Gasteiger partial charge in [0.2, 0.25) is 0 Å². The first-order valence-corrected chi connectivity index (χ1v) is 11.9. The van der Waals surface area contributed by atoms with Gasteiger partial charge in [0.15, 0.2) is 12.4 Å². The van der Waals surface area contributed by atoms with Crippen molar-refractivity contribution in [2.45, 2.75) is 6.92 Å². The lowest BCUT2D eigenvalue weighted by atomic mass is 9.98. The first-order chi connectivity index (χ1) is 17.5. The molecule has 0 aliphatic heterocycles. The lowest BCUT2D eigenvalue weighted by Gasteiger charge is -2.14. The summed E-state index contributed by atoms with van der Waals surface area (Å²) in [7, 11) is 0. The molecule has 0 fully saturated rings. The first-order valence-electron chi connectivity index (χ1n) is 11.5. The van der Waals surface area contributed by atoms with Gasteiger partial charge in [0.25, 0.3) is 0 Å². The number of ketones is 1. The summed E-state index contributed by atoms with van der Waals surface area (Å²) in [6.07, 6.45) is 0. The van der Waals surface area contributed by atoms with Crippen molar-refractivity contribution < 1.29 is 14.3 Å². The molecule has 0 N–H and O–H groups in total. The van der Waals surface area contributed by atoms with E-state index in [1.807, 2.05) is 91.9 Å². The Balaban J connectivity index is 1.40. The van der Waals surface area contributed by atoms with Crippen LogP contribution in [0.15, 0.2) is 103 Å². The Hall–Kier alpha value is -4.28. The molecule has 0 aliphatic carbocycles. The Morgan fingerprint density at radius 3 is 2.19 bits per heavy atom. The largest absolute Gasteiger partial charge is 0.454 e. The number of para-hydroxylation sites is 1. The SMILES string of the molecule is Cc1c(-c2cccc(Cl)c2)nc2ccccc2c1C(=O)OCC(=O)c1ccc(-c2ccccc2)cc1. The summed E-state index contributed by atoms with van der Waals surface area (Å²) < 4.78 is 5.52. The van der Waals surface area contributed by atoms with Crippen LogP contribution in [0.2, 0.25) is 5.02 Å². The number of hydrogen-bond donors (Lipinski definition) is 0. The number of fused-ring (bicyclic) bond motifs is 1. The van der Waals surface area contributed by atoms with Crippen molar-refractivity contribution in [3.8, 4) is 22.4 Å². The number of nitrogens with zero attached hydrogens (tertiary/aromatic N) is 1. The van der Waals surface area contributed by atoms with Gasteiger partial charge in [-0.3, -0.25) is 4.79 Å². The van der Waals surface area contributed by atoms with E-state index >= 15 is 0 Å². The molecule has 0 aliphatic rings. The van der Waals surface area contributed by atoms with Gasteiger partial charge in [-0.2, -0.15) is 0 Å².